The molecule has 0 saturated heterocycles. The highest BCUT2D eigenvalue weighted by Gasteiger charge is 2.18. The van der Waals surface area contributed by atoms with Gasteiger partial charge in [-0.25, -0.2) is 8.78 Å². The van der Waals surface area contributed by atoms with Crippen molar-refractivity contribution in [3.8, 4) is 0 Å². The van der Waals surface area contributed by atoms with Gasteiger partial charge in [-0.2, -0.15) is 11.3 Å². The summed E-state index contributed by atoms with van der Waals surface area (Å²) in [6.07, 6.45) is 0. The fourth-order valence-electron chi connectivity index (χ4n) is 1.60. The predicted octanol–water partition coefficient (Wildman–Crippen LogP) is 3.30. The average Bonchev–Trinajstić information content (AvgIpc) is 2.84. The van der Waals surface area contributed by atoms with Crippen LogP contribution in [0.15, 0.2) is 35.0 Å². The van der Waals surface area contributed by atoms with Crippen molar-refractivity contribution in [2.24, 2.45) is 0 Å². The van der Waals surface area contributed by atoms with Crippen molar-refractivity contribution in [3.63, 3.8) is 0 Å². The minimum Gasteiger partial charge on any atom is -0.337 e. The molecule has 0 unspecified atom stereocenters. The summed E-state index contributed by atoms with van der Waals surface area (Å²) in [6.45, 7) is 0.373. The summed E-state index contributed by atoms with van der Waals surface area (Å²) >= 11 is 1.52. The summed E-state index contributed by atoms with van der Waals surface area (Å²) < 4.78 is 26.5. The van der Waals surface area contributed by atoms with E-state index in [1.54, 1.807) is 7.05 Å². The lowest BCUT2D eigenvalue weighted by Crippen LogP contribution is -2.27. The number of carbonyl (C=O) groups is 1. The van der Waals surface area contributed by atoms with Crippen LogP contribution >= 0.6 is 11.3 Å². The second kappa shape index (κ2) is 5.27. The number of carbonyl (C=O) groups excluding carboxylic acids is 1. The Balaban J connectivity index is 2.18. The maximum Gasteiger partial charge on any atom is 0.256 e. The van der Waals surface area contributed by atoms with Crippen LogP contribution in [0, 0.1) is 11.6 Å². The molecule has 0 spiro atoms. The molecular formula is C13H11F2NOS. The van der Waals surface area contributed by atoms with Crippen LogP contribution in [0.4, 0.5) is 8.78 Å². The van der Waals surface area contributed by atoms with E-state index in [1.165, 1.54) is 28.4 Å². The summed E-state index contributed by atoms with van der Waals surface area (Å²) in [4.78, 5) is 13.3. The molecule has 2 nitrogen and oxygen atoms in total. The Morgan fingerprint density at radius 2 is 2.11 bits per heavy atom. The van der Waals surface area contributed by atoms with E-state index in [0.29, 0.717) is 6.54 Å². The molecule has 1 heterocycles. The SMILES string of the molecule is CN(Cc1ccsc1)C(=O)c1cccc(F)c1F. The van der Waals surface area contributed by atoms with Crippen LogP contribution in [-0.2, 0) is 6.54 Å². The van der Waals surface area contributed by atoms with Gasteiger partial charge in [-0.3, -0.25) is 4.79 Å². The number of rotatable bonds is 3. The topological polar surface area (TPSA) is 20.3 Å². The van der Waals surface area contributed by atoms with Gasteiger partial charge in [0.05, 0.1) is 5.56 Å². The zero-order valence-electron chi connectivity index (χ0n) is 9.69. The van der Waals surface area contributed by atoms with Crippen molar-refractivity contribution >= 4 is 17.2 Å². The molecule has 94 valence electrons. The summed E-state index contributed by atoms with van der Waals surface area (Å²) in [5.74, 6) is -2.64. The molecule has 0 N–H and O–H groups in total. The smallest absolute Gasteiger partial charge is 0.256 e. The second-order valence-corrected chi connectivity index (χ2v) is 4.67. The Morgan fingerprint density at radius 3 is 2.78 bits per heavy atom. The Hall–Kier alpha value is -1.75. The number of amides is 1. The van der Waals surface area contributed by atoms with Gasteiger partial charge >= 0.3 is 0 Å². The summed E-state index contributed by atoms with van der Waals surface area (Å²) in [6, 6.07) is 5.48. The largest absolute Gasteiger partial charge is 0.337 e. The molecule has 0 aliphatic heterocycles. The molecule has 0 aliphatic rings. The Labute approximate surface area is 107 Å². The van der Waals surface area contributed by atoms with E-state index >= 15 is 0 Å². The summed E-state index contributed by atoms with van der Waals surface area (Å²) in [7, 11) is 1.56. The molecule has 18 heavy (non-hydrogen) atoms. The third-order valence-electron chi connectivity index (χ3n) is 2.53. The lowest BCUT2D eigenvalue weighted by atomic mass is 10.1. The molecule has 0 atom stereocenters. The predicted molar refractivity (Wildman–Crippen MR) is 66.5 cm³/mol. The van der Waals surface area contributed by atoms with Gasteiger partial charge in [0.1, 0.15) is 0 Å². The zero-order chi connectivity index (χ0) is 13.1. The van der Waals surface area contributed by atoms with E-state index in [-0.39, 0.29) is 5.56 Å². The second-order valence-electron chi connectivity index (χ2n) is 3.89. The number of thiophene rings is 1. The highest BCUT2D eigenvalue weighted by Crippen LogP contribution is 2.15. The molecule has 1 aromatic heterocycles. The normalized spacial score (nSPS) is 10.4. The number of hydrogen-bond acceptors (Lipinski definition) is 2. The zero-order valence-corrected chi connectivity index (χ0v) is 10.5. The third kappa shape index (κ3) is 2.56. The van der Waals surface area contributed by atoms with E-state index < -0.39 is 17.5 Å². The standard InChI is InChI=1S/C13H11F2NOS/c1-16(7-9-5-6-18-8-9)13(17)10-3-2-4-11(14)12(10)15/h2-6,8H,7H2,1H3. The first-order valence-electron chi connectivity index (χ1n) is 5.30. The lowest BCUT2D eigenvalue weighted by Gasteiger charge is -2.16. The van der Waals surface area contributed by atoms with Crippen LogP contribution in [0.5, 0.6) is 0 Å². The van der Waals surface area contributed by atoms with Crippen molar-refractivity contribution in [1.29, 1.82) is 0 Å². The van der Waals surface area contributed by atoms with Gasteiger partial charge < -0.3 is 4.90 Å². The van der Waals surface area contributed by atoms with Gasteiger partial charge in [0, 0.05) is 13.6 Å². The van der Waals surface area contributed by atoms with Gasteiger partial charge in [0.2, 0.25) is 0 Å². The van der Waals surface area contributed by atoms with Crippen LogP contribution in [0.3, 0.4) is 0 Å². The van der Waals surface area contributed by atoms with E-state index in [1.807, 2.05) is 16.8 Å². The minimum atomic E-state index is -1.10. The van der Waals surface area contributed by atoms with Gasteiger partial charge in [-0.1, -0.05) is 6.07 Å². The van der Waals surface area contributed by atoms with Gasteiger partial charge in [0.25, 0.3) is 5.91 Å². The maximum absolute atomic E-state index is 13.5. The molecule has 1 amide bonds. The fraction of sp³-hybridized carbons (Fsp3) is 0.154. The molecule has 1 aromatic carbocycles. The maximum atomic E-state index is 13.5. The number of hydrogen-bond donors (Lipinski definition) is 0. The monoisotopic (exact) mass is 267 g/mol. The molecule has 5 heteroatoms. The average molecular weight is 267 g/mol. The van der Waals surface area contributed by atoms with Crippen molar-refractivity contribution in [2.75, 3.05) is 7.05 Å². The molecule has 0 aliphatic carbocycles. The van der Waals surface area contributed by atoms with Crippen molar-refractivity contribution in [2.45, 2.75) is 6.54 Å². The van der Waals surface area contributed by atoms with Crippen molar-refractivity contribution in [1.82, 2.24) is 4.90 Å². The van der Waals surface area contributed by atoms with Crippen LogP contribution in [-0.4, -0.2) is 17.9 Å². The van der Waals surface area contributed by atoms with Crippen LogP contribution < -0.4 is 0 Å². The highest BCUT2D eigenvalue weighted by molar-refractivity contribution is 7.07. The summed E-state index contributed by atoms with van der Waals surface area (Å²) in [5.41, 5.74) is 0.723. The Morgan fingerprint density at radius 1 is 1.33 bits per heavy atom. The third-order valence-corrected chi connectivity index (χ3v) is 3.26. The van der Waals surface area contributed by atoms with Crippen molar-refractivity contribution in [3.05, 3.63) is 57.8 Å². The van der Waals surface area contributed by atoms with E-state index in [4.69, 9.17) is 0 Å². The molecular weight excluding hydrogens is 256 g/mol. The Kier molecular flexibility index (Phi) is 3.72. The molecule has 0 saturated carbocycles. The first-order chi connectivity index (χ1) is 8.59. The van der Waals surface area contributed by atoms with E-state index in [2.05, 4.69) is 0 Å². The van der Waals surface area contributed by atoms with Gasteiger partial charge in [-0.15, -0.1) is 0 Å². The molecule has 2 rings (SSSR count). The first kappa shape index (κ1) is 12.7. The quantitative estimate of drug-likeness (QED) is 0.835. The highest BCUT2D eigenvalue weighted by atomic mass is 32.1. The fourth-order valence-corrected chi connectivity index (χ4v) is 2.26. The summed E-state index contributed by atoms with van der Waals surface area (Å²) in [5, 5.41) is 3.81. The first-order valence-corrected chi connectivity index (χ1v) is 6.24. The Bertz CT molecular complexity index is 554. The number of halogens is 2. The molecule has 0 fully saturated rings. The lowest BCUT2D eigenvalue weighted by molar-refractivity contribution is 0.0779. The van der Waals surface area contributed by atoms with Crippen LogP contribution in [0.1, 0.15) is 15.9 Å². The van der Waals surface area contributed by atoms with E-state index in [9.17, 15) is 13.6 Å². The van der Waals surface area contributed by atoms with Crippen molar-refractivity contribution < 1.29 is 13.6 Å². The van der Waals surface area contributed by atoms with Gasteiger partial charge in [0.15, 0.2) is 11.6 Å². The molecule has 0 radical (unpaired) electrons. The van der Waals surface area contributed by atoms with E-state index in [0.717, 1.165) is 11.6 Å². The van der Waals surface area contributed by atoms with Gasteiger partial charge in [-0.05, 0) is 34.5 Å². The molecule has 2 aromatic rings. The number of nitrogens with zero attached hydrogens (tertiary/aromatic N) is 1. The van der Waals surface area contributed by atoms with Crippen LogP contribution in [0.25, 0.3) is 0 Å². The minimum absolute atomic E-state index is 0.243. The van der Waals surface area contributed by atoms with Crippen LogP contribution in [0.2, 0.25) is 0 Å². The number of benzene rings is 1. The molecule has 0 bridgehead atoms.